The van der Waals surface area contributed by atoms with Crippen LogP contribution in [-0.2, 0) is 4.79 Å². The van der Waals surface area contributed by atoms with Gasteiger partial charge in [-0.05, 0) is 0 Å². The van der Waals surface area contributed by atoms with Crippen molar-refractivity contribution in [3.63, 3.8) is 0 Å². The summed E-state index contributed by atoms with van der Waals surface area (Å²) < 4.78 is 49.6. The number of hydrogen-bond donors (Lipinski definition) is 1. The molecular weight excluding hydrogens is 180 g/mol. The third-order valence-electron chi connectivity index (χ3n) is 2.10. The lowest BCUT2D eigenvalue weighted by Gasteiger charge is -2.18. The number of carboxylic acids is 1. The second kappa shape index (κ2) is 1.92. The predicted octanol–water partition coefficient (Wildman–Crippen LogP) is 1.75. The highest BCUT2D eigenvalue weighted by Gasteiger charge is 2.85. The van der Waals surface area contributed by atoms with E-state index >= 15 is 0 Å². The fourth-order valence-corrected chi connectivity index (χ4v) is 1.18. The van der Waals surface area contributed by atoms with E-state index in [1.54, 1.807) is 0 Å². The fraction of sp³-hybridized carbons (Fsp3) is 0.833. The molecule has 1 aliphatic rings. The summed E-state index contributed by atoms with van der Waals surface area (Å²) in [6, 6.07) is 0. The largest absolute Gasteiger partial charge is 0.480 e. The number of rotatable bonds is 2. The third kappa shape index (κ3) is 0.834. The van der Waals surface area contributed by atoms with Crippen molar-refractivity contribution in [2.45, 2.75) is 25.2 Å². The van der Waals surface area contributed by atoms with Crippen molar-refractivity contribution in [1.29, 1.82) is 0 Å². The second-order valence-corrected chi connectivity index (χ2v) is 2.98. The number of carboxylic acid groups (broad SMARTS) is 1. The monoisotopic (exact) mass is 186 g/mol. The first-order chi connectivity index (χ1) is 5.15. The molecule has 0 aromatic carbocycles. The van der Waals surface area contributed by atoms with Crippen molar-refractivity contribution < 1.29 is 27.5 Å². The smallest absolute Gasteiger partial charge is 0.322 e. The molecule has 0 radical (unpaired) electrons. The number of halogens is 4. The lowest BCUT2D eigenvalue weighted by atomic mass is 9.99. The van der Waals surface area contributed by atoms with Crippen LogP contribution in [0.1, 0.15) is 13.3 Å². The van der Waals surface area contributed by atoms with Gasteiger partial charge in [-0.1, -0.05) is 0 Å². The first-order valence-corrected chi connectivity index (χ1v) is 3.14. The van der Waals surface area contributed by atoms with E-state index in [0.717, 1.165) is 0 Å². The van der Waals surface area contributed by atoms with Gasteiger partial charge in [0.25, 0.3) is 11.8 Å². The van der Waals surface area contributed by atoms with Crippen molar-refractivity contribution in [3.05, 3.63) is 0 Å². The normalized spacial score (nSPS) is 33.1. The molecule has 6 heteroatoms. The summed E-state index contributed by atoms with van der Waals surface area (Å²) >= 11 is 0. The lowest BCUT2D eigenvalue weighted by molar-refractivity contribution is -0.170. The van der Waals surface area contributed by atoms with Crippen LogP contribution < -0.4 is 0 Å². The summed E-state index contributed by atoms with van der Waals surface area (Å²) in [7, 11) is 0. The third-order valence-corrected chi connectivity index (χ3v) is 2.10. The Morgan fingerprint density at radius 1 is 1.50 bits per heavy atom. The van der Waals surface area contributed by atoms with Gasteiger partial charge in [0.05, 0.1) is 0 Å². The molecule has 12 heavy (non-hydrogen) atoms. The van der Waals surface area contributed by atoms with Gasteiger partial charge in [-0.15, -0.1) is 0 Å². The van der Waals surface area contributed by atoms with Gasteiger partial charge in [0.15, 0.2) is 5.41 Å². The lowest BCUT2D eigenvalue weighted by Crippen LogP contribution is -2.38. The van der Waals surface area contributed by atoms with Crippen molar-refractivity contribution in [2.24, 2.45) is 5.41 Å². The Morgan fingerprint density at radius 2 is 1.83 bits per heavy atom. The summed E-state index contributed by atoms with van der Waals surface area (Å²) in [5.74, 6) is -9.81. The van der Waals surface area contributed by atoms with Gasteiger partial charge in [0, 0.05) is 13.3 Å². The summed E-state index contributed by atoms with van der Waals surface area (Å²) in [5.41, 5.74) is -3.17. The molecule has 1 aliphatic carbocycles. The van der Waals surface area contributed by atoms with Crippen LogP contribution >= 0.6 is 0 Å². The highest BCUT2D eigenvalue weighted by atomic mass is 19.3. The Labute approximate surface area is 65.2 Å². The predicted molar refractivity (Wildman–Crippen MR) is 30.3 cm³/mol. The maximum absolute atomic E-state index is 12.4. The molecule has 1 N–H and O–H groups in total. The van der Waals surface area contributed by atoms with Gasteiger partial charge in [-0.25, -0.2) is 17.6 Å². The molecular formula is C6H6F4O2. The molecule has 0 aromatic heterocycles. The summed E-state index contributed by atoms with van der Waals surface area (Å²) in [4.78, 5) is 10.2. The first-order valence-electron chi connectivity index (χ1n) is 3.14. The summed E-state index contributed by atoms with van der Waals surface area (Å²) in [6.45, 7) is 0.196. The van der Waals surface area contributed by atoms with E-state index in [2.05, 4.69) is 0 Å². The fourth-order valence-electron chi connectivity index (χ4n) is 1.18. The van der Waals surface area contributed by atoms with Crippen LogP contribution in [0.25, 0.3) is 0 Å². The minimum absolute atomic E-state index is 0.196. The second-order valence-electron chi connectivity index (χ2n) is 2.98. The minimum atomic E-state index is -3.89. The molecule has 1 unspecified atom stereocenters. The van der Waals surface area contributed by atoms with Crippen LogP contribution in [0.5, 0.6) is 0 Å². The zero-order valence-electron chi connectivity index (χ0n) is 6.07. The Kier molecular flexibility index (Phi) is 1.48. The van der Waals surface area contributed by atoms with Crippen LogP contribution in [-0.4, -0.2) is 22.9 Å². The summed E-state index contributed by atoms with van der Waals surface area (Å²) in [5, 5.41) is 8.22. The molecule has 0 bridgehead atoms. The van der Waals surface area contributed by atoms with Crippen LogP contribution in [0.15, 0.2) is 0 Å². The average molecular weight is 186 g/mol. The number of alkyl halides is 4. The van der Waals surface area contributed by atoms with E-state index < -0.39 is 29.7 Å². The van der Waals surface area contributed by atoms with Crippen LogP contribution in [0, 0.1) is 5.41 Å². The van der Waals surface area contributed by atoms with Crippen molar-refractivity contribution in [2.75, 3.05) is 0 Å². The molecule has 1 fully saturated rings. The number of aliphatic carboxylic acids is 1. The molecule has 0 heterocycles. The van der Waals surface area contributed by atoms with E-state index in [0.29, 0.717) is 0 Å². The topological polar surface area (TPSA) is 37.3 Å². The van der Waals surface area contributed by atoms with Gasteiger partial charge in [-0.2, -0.15) is 0 Å². The molecule has 0 spiro atoms. The molecule has 1 saturated carbocycles. The molecule has 0 saturated heterocycles. The Bertz CT molecular complexity index is 232. The molecule has 1 atom stereocenters. The summed E-state index contributed by atoms with van der Waals surface area (Å²) in [6.07, 6.45) is -1.28. The minimum Gasteiger partial charge on any atom is -0.480 e. The molecule has 2 nitrogen and oxygen atoms in total. The quantitative estimate of drug-likeness (QED) is 0.667. The van der Waals surface area contributed by atoms with Gasteiger partial charge in [0.1, 0.15) is 0 Å². The molecule has 0 aliphatic heterocycles. The maximum Gasteiger partial charge on any atom is 0.322 e. The number of carbonyl (C=O) groups is 1. The molecule has 0 aromatic rings. The Balaban J connectivity index is 3.03. The maximum atomic E-state index is 12.4. The SMILES string of the molecule is CC(F)(F)C1(C(=O)O)CC1(F)F. The highest BCUT2D eigenvalue weighted by molar-refractivity contribution is 5.81. The zero-order chi connectivity index (χ0) is 9.78. The van der Waals surface area contributed by atoms with E-state index in [-0.39, 0.29) is 6.92 Å². The van der Waals surface area contributed by atoms with Crippen molar-refractivity contribution in [3.8, 4) is 0 Å². The van der Waals surface area contributed by atoms with E-state index in [1.165, 1.54) is 0 Å². The van der Waals surface area contributed by atoms with Crippen molar-refractivity contribution in [1.82, 2.24) is 0 Å². The average Bonchev–Trinajstić information content (AvgIpc) is 2.33. The first kappa shape index (κ1) is 9.28. The molecule has 70 valence electrons. The van der Waals surface area contributed by atoms with Crippen LogP contribution in [0.3, 0.4) is 0 Å². The van der Waals surface area contributed by atoms with E-state index in [1.807, 2.05) is 0 Å². The van der Waals surface area contributed by atoms with Crippen molar-refractivity contribution >= 4 is 5.97 Å². The van der Waals surface area contributed by atoms with Gasteiger partial charge < -0.3 is 5.11 Å². The molecule has 0 amide bonds. The van der Waals surface area contributed by atoms with E-state index in [4.69, 9.17) is 5.11 Å². The number of hydrogen-bond acceptors (Lipinski definition) is 1. The highest BCUT2D eigenvalue weighted by Crippen LogP contribution is 2.67. The Morgan fingerprint density at radius 3 is 1.83 bits per heavy atom. The van der Waals surface area contributed by atoms with Gasteiger partial charge in [0.2, 0.25) is 0 Å². The molecule has 1 rings (SSSR count). The zero-order valence-corrected chi connectivity index (χ0v) is 6.07. The van der Waals surface area contributed by atoms with Gasteiger partial charge in [-0.3, -0.25) is 4.79 Å². The van der Waals surface area contributed by atoms with Gasteiger partial charge >= 0.3 is 5.97 Å². The van der Waals surface area contributed by atoms with Crippen LogP contribution in [0.4, 0.5) is 17.6 Å². The Hall–Kier alpha value is -0.810. The van der Waals surface area contributed by atoms with E-state index in [9.17, 15) is 22.4 Å². The standard InChI is InChI=1S/C6H6F4O2/c1-4(7,8)5(3(11)12)2-6(5,9)10/h2H2,1H3,(H,11,12). The van der Waals surface area contributed by atoms with Crippen LogP contribution in [0.2, 0.25) is 0 Å².